The van der Waals surface area contributed by atoms with E-state index in [1.54, 1.807) is 31.2 Å². The number of hydrogen-bond acceptors (Lipinski definition) is 3. The van der Waals surface area contributed by atoms with Crippen molar-refractivity contribution in [3.8, 4) is 12.3 Å². The third-order valence-electron chi connectivity index (χ3n) is 2.22. The second-order valence-corrected chi connectivity index (χ2v) is 3.44. The summed E-state index contributed by atoms with van der Waals surface area (Å²) in [5.41, 5.74) is 1.14. The lowest BCUT2D eigenvalue weighted by Crippen LogP contribution is -2.39. The van der Waals surface area contributed by atoms with Crippen LogP contribution in [0.3, 0.4) is 0 Å². The minimum absolute atomic E-state index is 0.341. The number of methoxy groups -OCH3 is 1. The van der Waals surface area contributed by atoms with Gasteiger partial charge < -0.3 is 10.1 Å². The van der Waals surface area contributed by atoms with Crippen molar-refractivity contribution in [2.24, 2.45) is 0 Å². The first-order valence-electron chi connectivity index (χ1n) is 5.04. The van der Waals surface area contributed by atoms with Crippen LogP contribution in [0, 0.1) is 12.3 Å². The molecule has 0 saturated carbocycles. The summed E-state index contributed by atoms with van der Waals surface area (Å²) in [6.07, 6.45) is 5.20. The summed E-state index contributed by atoms with van der Waals surface area (Å²) in [5.74, 6) is 1.63. The van der Waals surface area contributed by atoms with Crippen LogP contribution in [0.15, 0.2) is 24.3 Å². The number of terminal acetylenes is 1. The van der Waals surface area contributed by atoms with E-state index in [2.05, 4.69) is 16.0 Å². The highest BCUT2D eigenvalue weighted by molar-refractivity contribution is 5.96. The molecular formula is C13H13NO3. The Kier molecular flexibility index (Phi) is 4.29. The van der Waals surface area contributed by atoms with Crippen molar-refractivity contribution < 1.29 is 14.3 Å². The minimum Gasteiger partial charge on any atom is -0.467 e. The van der Waals surface area contributed by atoms with Gasteiger partial charge in [-0.1, -0.05) is 5.92 Å². The molecule has 0 heterocycles. The fourth-order valence-corrected chi connectivity index (χ4v) is 1.23. The summed E-state index contributed by atoms with van der Waals surface area (Å²) in [7, 11) is 1.27. The highest BCUT2D eigenvalue weighted by Crippen LogP contribution is 2.03. The maximum atomic E-state index is 11.7. The summed E-state index contributed by atoms with van der Waals surface area (Å²) in [6, 6.07) is 5.86. The fourth-order valence-electron chi connectivity index (χ4n) is 1.23. The molecule has 1 atom stereocenters. The van der Waals surface area contributed by atoms with E-state index in [4.69, 9.17) is 6.42 Å². The largest absolute Gasteiger partial charge is 0.467 e. The second-order valence-electron chi connectivity index (χ2n) is 3.44. The number of amides is 1. The van der Waals surface area contributed by atoms with Crippen molar-refractivity contribution in [1.82, 2.24) is 5.32 Å². The van der Waals surface area contributed by atoms with E-state index >= 15 is 0 Å². The van der Waals surface area contributed by atoms with Crippen molar-refractivity contribution in [2.45, 2.75) is 13.0 Å². The highest BCUT2D eigenvalue weighted by Gasteiger charge is 2.16. The lowest BCUT2D eigenvalue weighted by atomic mass is 10.1. The summed E-state index contributed by atoms with van der Waals surface area (Å²) >= 11 is 0. The average Bonchev–Trinajstić information content (AvgIpc) is 2.37. The molecule has 1 rings (SSSR count). The van der Waals surface area contributed by atoms with Crippen molar-refractivity contribution in [3.63, 3.8) is 0 Å². The van der Waals surface area contributed by atoms with Gasteiger partial charge in [-0.25, -0.2) is 4.79 Å². The van der Waals surface area contributed by atoms with E-state index in [0.717, 1.165) is 0 Å². The fraction of sp³-hybridized carbons (Fsp3) is 0.231. The molecule has 4 nitrogen and oxygen atoms in total. The van der Waals surface area contributed by atoms with Gasteiger partial charge in [-0.05, 0) is 31.2 Å². The number of ether oxygens (including phenoxy) is 1. The molecule has 0 unspecified atom stereocenters. The van der Waals surface area contributed by atoms with Gasteiger partial charge in [-0.3, -0.25) is 4.79 Å². The average molecular weight is 231 g/mol. The van der Waals surface area contributed by atoms with Crippen LogP contribution in [0.4, 0.5) is 0 Å². The first-order valence-corrected chi connectivity index (χ1v) is 5.04. The Morgan fingerprint density at radius 2 is 1.94 bits per heavy atom. The second kappa shape index (κ2) is 5.71. The van der Waals surface area contributed by atoms with Crippen LogP contribution in [-0.2, 0) is 9.53 Å². The number of hydrogen-bond donors (Lipinski definition) is 1. The maximum absolute atomic E-state index is 11.7. The maximum Gasteiger partial charge on any atom is 0.328 e. The predicted molar refractivity (Wildman–Crippen MR) is 63.3 cm³/mol. The van der Waals surface area contributed by atoms with Gasteiger partial charge in [0.1, 0.15) is 6.04 Å². The van der Waals surface area contributed by atoms with Crippen LogP contribution in [0.25, 0.3) is 0 Å². The summed E-state index contributed by atoms with van der Waals surface area (Å²) in [5, 5.41) is 2.52. The van der Waals surface area contributed by atoms with Gasteiger partial charge in [0, 0.05) is 11.1 Å². The van der Waals surface area contributed by atoms with Gasteiger partial charge in [0.05, 0.1) is 7.11 Å². The Labute approximate surface area is 100.0 Å². The van der Waals surface area contributed by atoms with Crippen LogP contribution in [0.5, 0.6) is 0 Å². The third-order valence-corrected chi connectivity index (χ3v) is 2.22. The van der Waals surface area contributed by atoms with E-state index in [9.17, 15) is 9.59 Å². The van der Waals surface area contributed by atoms with E-state index in [0.29, 0.717) is 11.1 Å². The van der Waals surface area contributed by atoms with E-state index in [1.807, 2.05) is 0 Å². The molecule has 0 radical (unpaired) electrons. The number of esters is 1. The van der Waals surface area contributed by atoms with Gasteiger partial charge in [-0.2, -0.15) is 0 Å². The van der Waals surface area contributed by atoms with E-state index < -0.39 is 12.0 Å². The Balaban J connectivity index is 2.70. The molecule has 0 aliphatic rings. The predicted octanol–water partition coefficient (Wildman–Crippen LogP) is 0.959. The van der Waals surface area contributed by atoms with Gasteiger partial charge in [0.15, 0.2) is 0 Å². The Morgan fingerprint density at radius 3 is 2.41 bits per heavy atom. The molecule has 0 fully saturated rings. The number of carbonyl (C=O) groups is 2. The molecule has 1 N–H and O–H groups in total. The molecule has 1 aromatic rings. The van der Waals surface area contributed by atoms with Crippen molar-refractivity contribution in [3.05, 3.63) is 35.4 Å². The first kappa shape index (κ1) is 12.8. The zero-order valence-corrected chi connectivity index (χ0v) is 9.69. The van der Waals surface area contributed by atoms with E-state index in [-0.39, 0.29) is 5.91 Å². The molecule has 17 heavy (non-hydrogen) atoms. The van der Waals surface area contributed by atoms with E-state index in [1.165, 1.54) is 7.11 Å². The van der Waals surface area contributed by atoms with Crippen molar-refractivity contribution >= 4 is 11.9 Å². The van der Waals surface area contributed by atoms with Crippen molar-refractivity contribution in [1.29, 1.82) is 0 Å². The molecule has 0 aliphatic heterocycles. The Hall–Kier alpha value is -2.28. The van der Waals surface area contributed by atoms with Gasteiger partial charge >= 0.3 is 5.97 Å². The molecule has 0 aromatic heterocycles. The van der Waals surface area contributed by atoms with Gasteiger partial charge in [0.2, 0.25) is 0 Å². The number of rotatable bonds is 3. The molecule has 0 bridgehead atoms. The zero-order valence-electron chi connectivity index (χ0n) is 9.69. The molecular weight excluding hydrogens is 218 g/mol. The minimum atomic E-state index is -0.681. The SMILES string of the molecule is C#Cc1ccc(C(=O)N[C@@H](C)C(=O)OC)cc1. The Morgan fingerprint density at radius 1 is 1.35 bits per heavy atom. The normalized spacial score (nSPS) is 11.1. The standard InChI is InChI=1S/C13H13NO3/c1-4-10-5-7-11(8-6-10)12(15)14-9(2)13(16)17-3/h1,5-9H,2-3H3,(H,14,15)/t9-/m0/s1. The molecule has 0 saturated heterocycles. The van der Waals surface area contributed by atoms with Crippen LogP contribution >= 0.6 is 0 Å². The van der Waals surface area contributed by atoms with Gasteiger partial charge in [0.25, 0.3) is 5.91 Å². The monoisotopic (exact) mass is 231 g/mol. The lowest BCUT2D eigenvalue weighted by Gasteiger charge is -2.11. The lowest BCUT2D eigenvalue weighted by molar-refractivity contribution is -0.142. The molecule has 1 aromatic carbocycles. The highest BCUT2D eigenvalue weighted by atomic mass is 16.5. The number of carbonyl (C=O) groups excluding carboxylic acids is 2. The van der Waals surface area contributed by atoms with Crippen LogP contribution in [-0.4, -0.2) is 25.0 Å². The Bertz CT molecular complexity index is 457. The van der Waals surface area contributed by atoms with Crippen LogP contribution < -0.4 is 5.32 Å². The van der Waals surface area contributed by atoms with Crippen LogP contribution in [0.1, 0.15) is 22.8 Å². The molecule has 0 spiro atoms. The van der Waals surface area contributed by atoms with Gasteiger partial charge in [-0.15, -0.1) is 6.42 Å². The van der Waals surface area contributed by atoms with Crippen molar-refractivity contribution in [2.75, 3.05) is 7.11 Å². The first-order chi connectivity index (χ1) is 8.08. The topological polar surface area (TPSA) is 55.4 Å². The molecule has 0 aliphatic carbocycles. The summed E-state index contributed by atoms with van der Waals surface area (Å²) < 4.78 is 4.51. The molecule has 88 valence electrons. The summed E-state index contributed by atoms with van der Waals surface area (Å²) in [4.78, 5) is 22.8. The summed E-state index contributed by atoms with van der Waals surface area (Å²) in [6.45, 7) is 1.56. The molecule has 1 amide bonds. The van der Waals surface area contributed by atoms with Crippen LogP contribution in [0.2, 0.25) is 0 Å². The number of benzene rings is 1. The third kappa shape index (κ3) is 3.35. The smallest absolute Gasteiger partial charge is 0.328 e. The quantitative estimate of drug-likeness (QED) is 0.622. The zero-order chi connectivity index (χ0) is 12.8. The number of nitrogens with one attached hydrogen (secondary N) is 1. The molecule has 4 heteroatoms.